The van der Waals surface area contributed by atoms with Crippen LogP contribution in [-0.2, 0) is 0 Å². The van der Waals surface area contributed by atoms with Gasteiger partial charge < -0.3 is 0 Å². The molecule has 0 spiro atoms. The second-order valence-corrected chi connectivity index (χ2v) is 4.00. The molecule has 1 rings (SSSR count). The van der Waals surface area contributed by atoms with Crippen molar-refractivity contribution in [3.05, 3.63) is 34.8 Å². The summed E-state index contributed by atoms with van der Waals surface area (Å²) in [6.07, 6.45) is 0.406. The molecule has 82 valence electrons. The summed E-state index contributed by atoms with van der Waals surface area (Å²) in [6, 6.07) is 0. The Balaban J connectivity index is 3.16. The highest BCUT2D eigenvalue weighted by Gasteiger charge is 2.32. The third-order valence-corrected chi connectivity index (χ3v) is 2.85. The Hall–Kier alpha value is -0.925. The Bertz CT molecular complexity index is 334. The van der Waals surface area contributed by atoms with Crippen molar-refractivity contribution in [1.29, 1.82) is 0 Å². The van der Waals surface area contributed by atoms with E-state index in [1.807, 2.05) is 13.8 Å². The second kappa shape index (κ2) is 4.29. The van der Waals surface area contributed by atoms with Crippen LogP contribution in [0, 0.1) is 5.92 Å². The second-order valence-electron chi connectivity index (χ2n) is 4.00. The number of halogens is 3. The van der Waals surface area contributed by atoms with Gasteiger partial charge in [0.1, 0.15) is 7.85 Å². The van der Waals surface area contributed by atoms with Crippen LogP contribution in [-0.4, -0.2) is 14.0 Å². The van der Waals surface area contributed by atoms with Gasteiger partial charge in [-0.15, -0.1) is 0 Å². The van der Waals surface area contributed by atoms with Crippen LogP contribution in [0.25, 0.3) is 0 Å². The van der Waals surface area contributed by atoms with Crippen LogP contribution in [0.15, 0.2) is 34.8 Å². The summed E-state index contributed by atoms with van der Waals surface area (Å²) in [6.45, 7) is 3.92. The monoisotopic (exact) mass is 214 g/mol. The van der Waals surface area contributed by atoms with Gasteiger partial charge in [0, 0.05) is 0 Å². The van der Waals surface area contributed by atoms with Crippen molar-refractivity contribution in [3.63, 3.8) is 0 Å². The van der Waals surface area contributed by atoms with Gasteiger partial charge >= 0.3 is 6.18 Å². The Morgan fingerprint density at radius 2 is 2.00 bits per heavy atom. The van der Waals surface area contributed by atoms with Gasteiger partial charge in [0.2, 0.25) is 0 Å². The highest BCUT2D eigenvalue weighted by molar-refractivity contribution is 6.24. The molecular formula is C11H14BF3. The maximum absolute atomic E-state index is 12.5. The van der Waals surface area contributed by atoms with E-state index < -0.39 is 11.7 Å². The third-order valence-electron chi connectivity index (χ3n) is 2.85. The number of alkyl halides is 3. The summed E-state index contributed by atoms with van der Waals surface area (Å²) < 4.78 is 37.5. The molecule has 0 N–H and O–H groups in total. The zero-order valence-corrected chi connectivity index (χ0v) is 9.15. The first-order chi connectivity index (χ1) is 6.82. The molecule has 1 aliphatic rings. The fourth-order valence-corrected chi connectivity index (χ4v) is 1.54. The van der Waals surface area contributed by atoms with Crippen LogP contribution in [0.5, 0.6) is 0 Å². The van der Waals surface area contributed by atoms with E-state index in [0.29, 0.717) is 12.3 Å². The van der Waals surface area contributed by atoms with E-state index in [1.54, 1.807) is 13.9 Å². The molecule has 0 aliphatic heterocycles. The van der Waals surface area contributed by atoms with Crippen LogP contribution in [0.3, 0.4) is 0 Å². The average Bonchev–Trinajstić information content (AvgIpc) is 2.11. The Morgan fingerprint density at radius 3 is 2.53 bits per heavy atom. The first kappa shape index (κ1) is 12.1. The van der Waals surface area contributed by atoms with Crippen molar-refractivity contribution < 1.29 is 13.2 Å². The minimum Gasteiger partial charge on any atom is -0.166 e. The molecule has 15 heavy (non-hydrogen) atoms. The van der Waals surface area contributed by atoms with Crippen LogP contribution in [0.1, 0.15) is 20.3 Å². The van der Waals surface area contributed by atoms with E-state index in [-0.39, 0.29) is 0 Å². The lowest BCUT2D eigenvalue weighted by Crippen LogP contribution is -2.12. The summed E-state index contributed by atoms with van der Waals surface area (Å²) in [5, 5.41) is 0. The van der Waals surface area contributed by atoms with Crippen molar-refractivity contribution in [1.82, 2.24) is 0 Å². The molecule has 1 atom stereocenters. The zero-order chi connectivity index (χ0) is 11.6. The normalized spacial score (nSPS) is 33.9. The van der Waals surface area contributed by atoms with E-state index in [9.17, 15) is 13.2 Å². The minimum atomic E-state index is -4.25. The van der Waals surface area contributed by atoms with Crippen molar-refractivity contribution in [2.45, 2.75) is 26.4 Å². The molecule has 0 radical (unpaired) electrons. The van der Waals surface area contributed by atoms with E-state index in [4.69, 9.17) is 0 Å². The van der Waals surface area contributed by atoms with Crippen LogP contribution in [0.2, 0.25) is 0 Å². The standard InChI is InChI=1S/C11H14BF3/c1-7-4-3-5-9(11(13,14)15)6-10(12)8(7)2/h3,5-7H,4,12H2,1-2H3/b5-3+,9-6+,10-8+. The first-order valence-electron chi connectivity index (χ1n) is 4.95. The molecule has 0 saturated heterocycles. The maximum Gasteiger partial charge on any atom is 0.416 e. The largest absolute Gasteiger partial charge is 0.416 e. The molecule has 0 aromatic rings. The van der Waals surface area contributed by atoms with E-state index in [2.05, 4.69) is 0 Å². The Labute approximate surface area is 89.0 Å². The zero-order valence-electron chi connectivity index (χ0n) is 9.15. The molecule has 0 bridgehead atoms. The molecular weight excluding hydrogens is 200 g/mol. The number of hydrogen-bond acceptors (Lipinski definition) is 0. The van der Waals surface area contributed by atoms with Crippen molar-refractivity contribution in [2.24, 2.45) is 5.92 Å². The molecule has 4 heteroatoms. The van der Waals surface area contributed by atoms with Gasteiger partial charge in [-0.05, 0) is 19.3 Å². The Morgan fingerprint density at radius 1 is 1.40 bits per heavy atom. The SMILES string of the molecule is BC1=C(\C)C(C)C/C=C/C(C(F)(F)F)=C\1. The molecule has 0 aromatic carbocycles. The average molecular weight is 214 g/mol. The van der Waals surface area contributed by atoms with Gasteiger partial charge in [0.15, 0.2) is 0 Å². The molecule has 0 aromatic heterocycles. The highest BCUT2D eigenvalue weighted by atomic mass is 19.4. The maximum atomic E-state index is 12.5. The summed E-state index contributed by atoms with van der Waals surface area (Å²) >= 11 is 0. The highest BCUT2D eigenvalue weighted by Crippen LogP contribution is 2.30. The number of hydrogen-bond donors (Lipinski definition) is 0. The van der Waals surface area contributed by atoms with Gasteiger partial charge in [-0.25, -0.2) is 0 Å². The van der Waals surface area contributed by atoms with E-state index >= 15 is 0 Å². The van der Waals surface area contributed by atoms with E-state index in [1.165, 1.54) is 12.2 Å². The quantitative estimate of drug-likeness (QED) is 0.543. The fourth-order valence-electron chi connectivity index (χ4n) is 1.54. The predicted octanol–water partition coefficient (Wildman–Crippen LogP) is 2.98. The van der Waals surface area contributed by atoms with Gasteiger partial charge in [0.05, 0.1) is 5.57 Å². The van der Waals surface area contributed by atoms with Crippen LogP contribution in [0.4, 0.5) is 13.2 Å². The lowest BCUT2D eigenvalue weighted by atomic mass is 9.81. The van der Waals surface area contributed by atoms with Gasteiger partial charge in [-0.2, -0.15) is 13.2 Å². The molecule has 1 unspecified atom stereocenters. The van der Waals surface area contributed by atoms with Crippen LogP contribution < -0.4 is 0 Å². The summed E-state index contributed by atoms with van der Waals surface area (Å²) in [5.74, 6) is 0.312. The number of rotatable bonds is 0. The first-order valence-corrected chi connectivity index (χ1v) is 4.95. The van der Waals surface area contributed by atoms with Gasteiger partial charge in [-0.3, -0.25) is 0 Å². The Kier molecular flexibility index (Phi) is 3.48. The summed E-state index contributed by atoms with van der Waals surface area (Å²) in [7, 11) is 1.73. The molecule has 0 amide bonds. The molecule has 0 saturated carbocycles. The molecule has 0 fully saturated rings. The lowest BCUT2D eigenvalue weighted by molar-refractivity contribution is -0.0882. The summed E-state index contributed by atoms with van der Waals surface area (Å²) in [5.41, 5.74) is 1.19. The molecule has 0 nitrogen and oxygen atoms in total. The minimum absolute atomic E-state index is 0.312. The molecule has 0 heterocycles. The predicted molar refractivity (Wildman–Crippen MR) is 58.3 cm³/mol. The van der Waals surface area contributed by atoms with Gasteiger partial charge in [0.25, 0.3) is 0 Å². The van der Waals surface area contributed by atoms with Crippen LogP contribution >= 0.6 is 0 Å². The smallest absolute Gasteiger partial charge is 0.166 e. The fraction of sp³-hybridized carbons (Fsp3) is 0.455. The van der Waals surface area contributed by atoms with Crippen molar-refractivity contribution in [3.8, 4) is 0 Å². The van der Waals surface area contributed by atoms with E-state index in [0.717, 1.165) is 11.0 Å². The topological polar surface area (TPSA) is 0 Å². The molecule has 1 aliphatic carbocycles. The lowest BCUT2D eigenvalue weighted by Gasteiger charge is -2.17. The third kappa shape index (κ3) is 3.01. The number of allylic oxidation sites excluding steroid dienone is 6. The summed E-state index contributed by atoms with van der Waals surface area (Å²) in [4.78, 5) is 0. The van der Waals surface area contributed by atoms with Crippen molar-refractivity contribution in [2.75, 3.05) is 0 Å². The van der Waals surface area contributed by atoms with Gasteiger partial charge in [-0.1, -0.05) is 36.2 Å². The van der Waals surface area contributed by atoms with Crippen molar-refractivity contribution >= 4 is 7.85 Å².